The molecular formula is C7H7Cl3N2O. The van der Waals surface area contributed by atoms with Gasteiger partial charge in [-0.3, -0.25) is 0 Å². The molecule has 0 aliphatic heterocycles. The number of aromatic nitrogens is 2. The molecule has 0 aromatic carbocycles. The van der Waals surface area contributed by atoms with E-state index in [1.54, 1.807) is 18.5 Å². The predicted molar refractivity (Wildman–Crippen MR) is 52.0 cm³/mol. The first-order chi connectivity index (χ1) is 6.00. The number of aliphatic hydroxyl groups is 1. The van der Waals surface area contributed by atoms with Crippen LogP contribution >= 0.6 is 34.8 Å². The third-order valence-electron chi connectivity index (χ3n) is 1.37. The van der Waals surface area contributed by atoms with Crippen molar-refractivity contribution in [2.75, 3.05) is 0 Å². The highest BCUT2D eigenvalue weighted by atomic mass is 35.6. The highest BCUT2D eigenvalue weighted by Crippen LogP contribution is 2.31. The lowest BCUT2D eigenvalue weighted by Gasteiger charge is -2.17. The van der Waals surface area contributed by atoms with Gasteiger partial charge in [-0.15, -0.1) is 0 Å². The fraction of sp³-hybridized carbons (Fsp3) is 0.429. The highest BCUT2D eigenvalue weighted by Gasteiger charge is 2.31. The third-order valence-corrected chi connectivity index (χ3v) is 2.13. The third kappa shape index (κ3) is 3.65. The van der Waals surface area contributed by atoms with Crippen molar-refractivity contribution in [3.63, 3.8) is 0 Å². The van der Waals surface area contributed by atoms with E-state index in [0.717, 1.165) is 0 Å². The van der Waals surface area contributed by atoms with Crippen LogP contribution in [0.3, 0.4) is 0 Å². The molecule has 1 rings (SSSR count). The van der Waals surface area contributed by atoms with Crippen molar-refractivity contribution < 1.29 is 5.11 Å². The molecule has 1 aromatic rings. The van der Waals surface area contributed by atoms with Crippen LogP contribution in [0, 0.1) is 0 Å². The number of halogens is 3. The summed E-state index contributed by atoms with van der Waals surface area (Å²) in [6, 6.07) is 1.67. The fourth-order valence-corrected chi connectivity index (χ4v) is 0.955. The predicted octanol–water partition coefficient (Wildman–Crippen LogP) is 1.75. The molecular weight excluding hydrogens is 234 g/mol. The van der Waals surface area contributed by atoms with Crippen LogP contribution in [0.1, 0.15) is 5.82 Å². The zero-order chi connectivity index (χ0) is 9.90. The van der Waals surface area contributed by atoms with Crippen molar-refractivity contribution in [2.24, 2.45) is 0 Å². The molecule has 0 unspecified atom stereocenters. The Kier molecular flexibility index (Phi) is 3.74. The quantitative estimate of drug-likeness (QED) is 0.803. The van der Waals surface area contributed by atoms with E-state index in [2.05, 4.69) is 9.97 Å². The van der Waals surface area contributed by atoms with E-state index in [-0.39, 0.29) is 6.42 Å². The smallest absolute Gasteiger partial charge is 0.216 e. The van der Waals surface area contributed by atoms with Gasteiger partial charge in [0, 0.05) is 18.8 Å². The van der Waals surface area contributed by atoms with Crippen LogP contribution in [0.5, 0.6) is 0 Å². The molecule has 13 heavy (non-hydrogen) atoms. The summed E-state index contributed by atoms with van der Waals surface area (Å²) in [5.41, 5.74) is 0. The number of aliphatic hydroxyl groups excluding tert-OH is 1. The first-order valence-corrected chi connectivity index (χ1v) is 4.64. The molecule has 0 aliphatic rings. The van der Waals surface area contributed by atoms with Crippen molar-refractivity contribution in [3.05, 3.63) is 24.3 Å². The Bertz CT molecular complexity index is 262. The maximum atomic E-state index is 9.36. The summed E-state index contributed by atoms with van der Waals surface area (Å²) in [4.78, 5) is 7.77. The van der Waals surface area contributed by atoms with Gasteiger partial charge in [0.15, 0.2) is 0 Å². The summed E-state index contributed by atoms with van der Waals surface area (Å²) >= 11 is 16.4. The Morgan fingerprint density at radius 2 is 1.85 bits per heavy atom. The molecule has 0 saturated heterocycles. The van der Waals surface area contributed by atoms with Crippen LogP contribution in [0.2, 0.25) is 0 Å². The van der Waals surface area contributed by atoms with Crippen LogP contribution in [-0.4, -0.2) is 25.0 Å². The second-order valence-electron chi connectivity index (χ2n) is 2.43. The van der Waals surface area contributed by atoms with Gasteiger partial charge < -0.3 is 5.11 Å². The molecule has 0 fully saturated rings. The van der Waals surface area contributed by atoms with Gasteiger partial charge in [-0.25, -0.2) is 9.97 Å². The Labute approximate surface area is 90.7 Å². The van der Waals surface area contributed by atoms with E-state index in [0.29, 0.717) is 5.82 Å². The van der Waals surface area contributed by atoms with Gasteiger partial charge in [-0.05, 0) is 6.07 Å². The van der Waals surface area contributed by atoms with Crippen LogP contribution < -0.4 is 0 Å². The molecule has 1 heterocycles. The minimum Gasteiger partial charge on any atom is -0.388 e. The Morgan fingerprint density at radius 1 is 1.31 bits per heavy atom. The van der Waals surface area contributed by atoms with E-state index in [1.165, 1.54) is 0 Å². The van der Waals surface area contributed by atoms with E-state index >= 15 is 0 Å². The molecule has 0 saturated carbocycles. The lowest BCUT2D eigenvalue weighted by molar-refractivity contribution is 0.176. The SMILES string of the molecule is O[C@H](Cc1ncccn1)C(Cl)(Cl)Cl. The van der Waals surface area contributed by atoms with E-state index in [9.17, 15) is 5.11 Å². The topological polar surface area (TPSA) is 46.0 Å². The summed E-state index contributed by atoms with van der Waals surface area (Å²) in [7, 11) is 0. The minimum atomic E-state index is -1.70. The molecule has 6 heteroatoms. The summed E-state index contributed by atoms with van der Waals surface area (Å²) in [5, 5.41) is 9.36. The van der Waals surface area contributed by atoms with E-state index in [1.807, 2.05) is 0 Å². The number of nitrogens with zero attached hydrogens (tertiary/aromatic N) is 2. The van der Waals surface area contributed by atoms with Crippen molar-refractivity contribution in [3.8, 4) is 0 Å². The van der Waals surface area contributed by atoms with Gasteiger partial charge >= 0.3 is 0 Å². The largest absolute Gasteiger partial charge is 0.388 e. The van der Waals surface area contributed by atoms with Gasteiger partial charge in [-0.2, -0.15) is 0 Å². The zero-order valence-electron chi connectivity index (χ0n) is 6.49. The minimum absolute atomic E-state index is 0.122. The fourth-order valence-electron chi connectivity index (χ4n) is 0.724. The molecule has 0 aliphatic carbocycles. The molecule has 1 aromatic heterocycles. The summed E-state index contributed by atoms with van der Waals surface area (Å²) in [5.74, 6) is 0.446. The Morgan fingerprint density at radius 3 is 2.31 bits per heavy atom. The average Bonchev–Trinajstić information content (AvgIpc) is 2.04. The van der Waals surface area contributed by atoms with Crippen molar-refractivity contribution in [1.29, 1.82) is 0 Å². The highest BCUT2D eigenvalue weighted by molar-refractivity contribution is 6.68. The standard InChI is InChI=1S/C7H7Cl3N2O/c8-7(9,10)5(13)4-6-11-2-1-3-12-6/h1-3,5,13H,4H2/t5-/m1/s1. The van der Waals surface area contributed by atoms with Gasteiger partial charge in [0.1, 0.15) is 11.9 Å². The Balaban J connectivity index is 2.61. The maximum Gasteiger partial charge on any atom is 0.216 e. The first-order valence-electron chi connectivity index (χ1n) is 3.51. The second kappa shape index (κ2) is 4.42. The van der Waals surface area contributed by atoms with E-state index in [4.69, 9.17) is 34.8 Å². The molecule has 0 bridgehead atoms. The molecule has 1 N–H and O–H groups in total. The monoisotopic (exact) mass is 240 g/mol. The molecule has 3 nitrogen and oxygen atoms in total. The van der Waals surface area contributed by atoms with Crippen LogP contribution in [0.15, 0.2) is 18.5 Å². The van der Waals surface area contributed by atoms with Crippen LogP contribution in [-0.2, 0) is 6.42 Å². The molecule has 0 spiro atoms. The average molecular weight is 242 g/mol. The van der Waals surface area contributed by atoms with Gasteiger partial charge in [0.25, 0.3) is 0 Å². The normalized spacial score (nSPS) is 14.2. The van der Waals surface area contributed by atoms with Gasteiger partial charge in [-0.1, -0.05) is 34.8 Å². The summed E-state index contributed by atoms with van der Waals surface area (Å²) in [6.07, 6.45) is 2.15. The molecule has 0 radical (unpaired) electrons. The van der Waals surface area contributed by atoms with Crippen molar-refractivity contribution in [2.45, 2.75) is 16.3 Å². The first kappa shape index (κ1) is 11.0. The second-order valence-corrected chi connectivity index (χ2v) is 4.80. The molecule has 1 atom stereocenters. The number of hydrogen-bond acceptors (Lipinski definition) is 3. The van der Waals surface area contributed by atoms with Crippen molar-refractivity contribution in [1.82, 2.24) is 9.97 Å². The number of alkyl halides is 3. The zero-order valence-corrected chi connectivity index (χ0v) is 8.76. The lowest BCUT2D eigenvalue weighted by Crippen LogP contribution is -2.28. The van der Waals surface area contributed by atoms with Crippen LogP contribution in [0.25, 0.3) is 0 Å². The van der Waals surface area contributed by atoms with Gasteiger partial charge in [0.2, 0.25) is 3.79 Å². The number of hydrogen-bond donors (Lipinski definition) is 1. The van der Waals surface area contributed by atoms with Gasteiger partial charge in [0.05, 0.1) is 0 Å². The Hall–Kier alpha value is -0.0900. The molecule has 0 amide bonds. The summed E-state index contributed by atoms with van der Waals surface area (Å²) in [6.45, 7) is 0. The summed E-state index contributed by atoms with van der Waals surface area (Å²) < 4.78 is -1.70. The number of rotatable bonds is 2. The maximum absolute atomic E-state index is 9.36. The molecule has 72 valence electrons. The van der Waals surface area contributed by atoms with Crippen LogP contribution in [0.4, 0.5) is 0 Å². The lowest BCUT2D eigenvalue weighted by atomic mass is 10.2. The van der Waals surface area contributed by atoms with E-state index < -0.39 is 9.90 Å². The van der Waals surface area contributed by atoms with Crippen molar-refractivity contribution >= 4 is 34.8 Å².